The molecule has 3 atom stereocenters. The zero-order chi connectivity index (χ0) is 13.8. The Labute approximate surface area is 116 Å². The van der Waals surface area contributed by atoms with Crippen LogP contribution in [0.4, 0.5) is 0 Å². The molecule has 0 aromatic heterocycles. The van der Waals surface area contributed by atoms with Gasteiger partial charge in [-0.1, -0.05) is 25.1 Å². The molecular formula is C16H26N2O. The van der Waals surface area contributed by atoms with E-state index in [-0.39, 0.29) is 0 Å². The molecule has 0 aliphatic carbocycles. The van der Waals surface area contributed by atoms with Gasteiger partial charge in [0.05, 0.1) is 0 Å². The highest BCUT2D eigenvalue weighted by atomic mass is 16.3. The largest absolute Gasteiger partial charge is 0.508 e. The number of para-hydroxylation sites is 1. The van der Waals surface area contributed by atoms with E-state index in [2.05, 4.69) is 18.7 Å². The predicted molar refractivity (Wildman–Crippen MR) is 79.1 cm³/mol. The van der Waals surface area contributed by atoms with E-state index in [1.165, 1.54) is 12.8 Å². The Kier molecular flexibility index (Phi) is 4.83. The Bertz CT molecular complexity index is 407. The summed E-state index contributed by atoms with van der Waals surface area (Å²) in [6.45, 7) is 6.29. The van der Waals surface area contributed by atoms with Crippen LogP contribution < -0.4 is 5.73 Å². The molecule has 0 radical (unpaired) electrons. The third kappa shape index (κ3) is 3.10. The first-order valence-corrected chi connectivity index (χ1v) is 7.41. The molecule has 3 N–H and O–H groups in total. The number of rotatable bonds is 4. The molecule has 1 heterocycles. The van der Waals surface area contributed by atoms with Gasteiger partial charge in [0.1, 0.15) is 5.75 Å². The van der Waals surface area contributed by atoms with E-state index < -0.39 is 0 Å². The topological polar surface area (TPSA) is 49.5 Å². The molecule has 1 aliphatic rings. The average Bonchev–Trinajstić information content (AvgIpc) is 2.43. The van der Waals surface area contributed by atoms with Gasteiger partial charge in [-0.2, -0.15) is 0 Å². The van der Waals surface area contributed by atoms with Crippen molar-refractivity contribution >= 4 is 0 Å². The van der Waals surface area contributed by atoms with E-state index in [0.29, 0.717) is 23.8 Å². The number of nitrogens with two attached hydrogens (primary N) is 1. The molecule has 0 amide bonds. The highest BCUT2D eigenvalue weighted by Crippen LogP contribution is 2.36. The van der Waals surface area contributed by atoms with E-state index in [0.717, 1.165) is 25.1 Å². The SMILES string of the molecule is CCC(c1ccccc1O)N1CC(CN)CCC1C. The first kappa shape index (κ1) is 14.4. The molecule has 0 saturated carbocycles. The number of hydrogen-bond acceptors (Lipinski definition) is 3. The van der Waals surface area contributed by atoms with E-state index >= 15 is 0 Å². The molecule has 1 fully saturated rings. The molecule has 3 heteroatoms. The van der Waals surface area contributed by atoms with Crippen LogP contribution in [-0.4, -0.2) is 29.1 Å². The molecule has 0 bridgehead atoms. The average molecular weight is 262 g/mol. The lowest BCUT2D eigenvalue weighted by Crippen LogP contribution is -2.45. The highest BCUT2D eigenvalue weighted by molar-refractivity contribution is 5.34. The van der Waals surface area contributed by atoms with Gasteiger partial charge < -0.3 is 10.8 Å². The Morgan fingerprint density at radius 1 is 1.37 bits per heavy atom. The van der Waals surface area contributed by atoms with Crippen molar-refractivity contribution in [2.24, 2.45) is 11.7 Å². The Morgan fingerprint density at radius 3 is 2.74 bits per heavy atom. The van der Waals surface area contributed by atoms with Gasteiger partial charge >= 0.3 is 0 Å². The van der Waals surface area contributed by atoms with Gasteiger partial charge in [-0.15, -0.1) is 0 Å². The zero-order valence-corrected chi connectivity index (χ0v) is 12.0. The maximum absolute atomic E-state index is 10.1. The van der Waals surface area contributed by atoms with Crippen molar-refractivity contribution in [1.82, 2.24) is 4.90 Å². The summed E-state index contributed by atoms with van der Waals surface area (Å²) in [7, 11) is 0. The lowest BCUT2D eigenvalue weighted by atomic mass is 9.89. The molecule has 106 valence electrons. The Hall–Kier alpha value is -1.06. The molecule has 1 aromatic rings. The summed E-state index contributed by atoms with van der Waals surface area (Å²) in [5.41, 5.74) is 6.90. The van der Waals surface area contributed by atoms with Crippen molar-refractivity contribution in [3.63, 3.8) is 0 Å². The lowest BCUT2D eigenvalue weighted by Gasteiger charge is -2.42. The molecular weight excluding hydrogens is 236 g/mol. The van der Waals surface area contributed by atoms with E-state index in [1.807, 2.05) is 18.2 Å². The Balaban J connectivity index is 2.23. The summed E-state index contributed by atoms with van der Waals surface area (Å²) in [6.07, 6.45) is 3.44. The number of nitrogens with zero attached hydrogens (tertiary/aromatic N) is 1. The normalized spacial score (nSPS) is 26.3. The van der Waals surface area contributed by atoms with Gasteiger partial charge in [-0.25, -0.2) is 0 Å². The monoisotopic (exact) mass is 262 g/mol. The third-order valence-electron chi connectivity index (χ3n) is 4.44. The molecule has 1 saturated heterocycles. The highest BCUT2D eigenvalue weighted by Gasteiger charge is 2.31. The molecule has 2 rings (SSSR count). The number of piperidine rings is 1. The van der Waals surface area contributed by atoms with Crippen LogP contribution in [0.2, 0.25) is 0 Å². The second-order valence-electron chi connectivity index (χ2n) is 5.71. The number of hydrogen-bond donors (Lipinski definition) is 2. The second kappa shape index (κ2) is 6.40. The second-order valence-corrected chi connectivity index (χ2v) is 5.71. The minimum absolute atomic E-state index is 0.297. The van der Waals surface area contributed by atoms with Gasteiger partial charge in [-0.05, 0) is 44.7 Å². The number of aromatic hydroxyl groups is 1. The van der Waals surface area contributed by atoms with Gasteiger partial charge in [0.15, 0.2) is 0 Å². The van der Waals surface area contributed by atoms with E-state index in [4.69, 9.17) is 5.73 Å². The van der Waals surface area contributed by atoms with Crippen molar-refractivity contribution < 1.29 is 5.11 Å². The van der Waals surface area contributed by atoms with E-state index in [9.17, 15) is 5.11 Å². The van der Waals surface area contributed by atoms with Crippen molar-refractivity contribution in [3.8, 4) is 5.75 Å². The minimum Gasteiger partial charge on any atom is -0.508 e. The first-order chi connectivity index (χ1) is 9.17. The minimum atomic E-state index is 0.297. The van der Waals surface area contributed by atoms with Crippen LogP contribution in [-0.2, 0) is 0 Å². The van der Waals surface area contributed by atoms with Crippen LogP contribution in [0.3, 0.4) is 0 Å². The standard InChI is InChI=1S/C16H26N2O/c1-3-15(14-6-4-5-7-16(14)19)18-11-13(10-17)9-8-12(18)2/h4-7,12-13,15,19H,3,8-11,17H2,1-2H3. The molecule has 0 spiro atoms. The van der Waals surface area contributed by atoms with Gasteiger partial charge in [0.25, 0.3) is 0 Å². The Morgan fingerprint density at radius 2 is 2.11 bits per heavy atom. The fourth-order valence-electron chi connectivity index (χ4n) is 3.24. The number of phenols is 1. The fourth-order valence-corrected chi connectivity index (χ4v) is 3.24. The maximum Gasteiger partial charge on any atom is 0.120 e. The van der Waals surface area contributed by atoms with Crippen molar-refractivity contribution in [1.29, 1.82) is 0 Å². The summed E-state index contributed by atoms with van der Waals surface area (Å²) < 4.78 is 0. The first-order valence-electron chi connectivity index (χ1n) is 7.41. The number of benzene rings is 1. The summed E-state index contributed by atoms with van der Waals surface area (Å²) in [6, 6.07) is 8.58. The van der Waals surface area contributed by atoms with Crippen LogP contribution >= 0.6 is 0 Å². The van der Waals surface area contributed by atoms with Crippen molar-refractivity contribution in [3.05, 3.63) is 29.8 Å². The zero-order valence-electron chi connectivity index (χ0n) is 12.0. The van der Waals surface area contributed by atoms with Crippen LogP contribution in [0, 0.1) is 5.92 Å². The summed E-state index contributed by atoms with van der Waals surface area (Å²) in [5.74, 6) is 1.01. The van der Waals surface area contributed by atoms with Gasteiger partial charge in [-0.3, -0.25) is 4.90 Å². The van der Waals surface area contributed by atoms with Crippen LogP contribution in [0.1, 0.15) is 44.7 Å². The summed E-state index contributed by atoms with van der Waals surface area (Å²) >= 11 is 0. The molecule has 19 heavy (non-hydrogen) atoms. The quantitative estimate of drug-likeness (QED) is 0.877. The fraction of sp³-hybridized carbons (Fsp3) is 0.625. The molecule has 1 aromatic carbocycles. The maximum atomic E-state index is 10.1. The summed E-state index contributed by atoms with van der Waals surface area (Å²) in [4.78, 5) is 2.52. The van der Waals surface area contributed by atoms with Crippen molar-refractivity contribution in [2.45, 2.75) is 45.2 Å². The predicted octanol–water partition coefficient (Wildman–Crippen LogP) is 2.90. The van der Waals surface area contributed by atoms with Crippen LogP contribution in [0.5, 0.6) is 5.75 Å². The van der Waals surface area contributed by atoms with Crippen LogP contribution in [0.15, 0.2) is 24.3 Å². The van der Waals surface area contributed by atoms with Gasteiger partial charge in [0.2, 0.25) is 0 Å². The van der Waals surface area contributed by atoms with Gasteiger partial charge in [0, 0.05) is 24.2 Å². The van der Waals surface area contributed by atoms with Crippen molar-refractivity contribution in [2.75, 3.05) is 13.1 Å². The van der Waals surface area contributed by atoms with E-state index in [1.54, 1.807) is 6.07 Å². The van der Waals surface area contributed by atoms with Crippen LogP contribution in [0.25, 0.3) is 0 Å². The lowest BCUT2D eigenvalue weighted by molar-refractivity contribution is 0.0700. The number of phenolic OH excluding ortho intramolecular Hbond substituents is 1. The number of likely N-dealkylation sites (tertiary alicyclic amines) is 1. The third-order valence-corrected chi connectivity index (χ3v) is 4.44. The molecule has 3 nitrogen and oxygen atoms in total. The smallest absolute Gasteiger partial charge is 0.120 e. The summed E-state index contributed by atoms with van der Waals surface area (Å²) in [5, 5.41) is 10.1. The molecule has 3 unspecified atom stereocenters. The molecule has 1 aliphatic heterocycles.